The van der Waals surface area contributed by atoms with Gasteiger partial charge in [0.1, 0.15) is 5.69 Å². The Balaban J connectivity index is 1.22. The molecule has 0 bridgehead atoms. The Labute approximate surface area is 193 Å². The summed E-state index contributed by atoms with van der Waals surface area (Å²) in [7, 11) is 0. The van der Waals surface area contributed by atoms with Gasteiger partial charge in [-0.15, -0.1) is 0 Å². The second-order valence-electron chi connectivity index (χ2n) is 9.47. The van der Waals surface area contributed by atoms with Crippen LogP contribution in [0.5, 0.6) is 0 Å². The van der Waals surface area contributed by atoms with Crippen molar-refractivity contribution in [3.05, 3.63) is 48.1 Å². The topological polar surface area (TPSA) is 80.3 Å². The van der Waals surface area contributed by atoms with Gasteiger partial charge in [-0.3, -0.25) is 9.69 Å². The molecule has 2 aliphatic carbocycles. The van der Waals surface area contributed by atoms with E-state index in [-0.39, 0.29) is 5.91 Å². The van der Waals surface area contributed by atoms with E-state index in [4.69, 9.17) is 4.42 Å². The van der Waals surface area contributed by atoms with Crippen molar-refractivity contribution in [3.63, 3.8) is 0 Å². The van der Waals surface area contributed by atoms with Crippen molar-refractivity contribution in [2.45, 2.75) is 56.9 Å². The molecule has 3 aromatic rings. The summed E-state index contributed by atoms with van der Waals surface area (Å²) in [5, 5.41) is 4.58. The summed E-state index contributed by atoms with van der Waals surface area (Å²) in [5.41, 5.74) is 2.36. The second-order valence-corrected chi connectivity index (χ2v) is 9.47. The van der Waals surface area contributed by atoms with Gasteiger partial charge in [0.05, 0.1) is 23.7 Å². The zero-order chi connectivity index (χ0) is 22.2. The van der Waals surface area contributed by atoms with Crippen LogP contribution in [0, 0.1) is 0 Å². The van der Waals surface area contributed by atoms with Crippen LogP contribution < -0.4 is 0 Å². The number of aromatic nitrogens is 4. The number of carbonyl (C=O) groups excluding carboxylic acids is 1. The molecule has 0 unspecified atom stereocenters. The van der Waals surface area contributed by atoms with Gasteiger partial charge in [0, 0.05) is 44.3 Å². The quantitative estimate of drug-likeness (QED) is 0.592. The SMILES string of the molecule is O=C(c1cnn(-c2nccc(-c3ccco3)n2)c1C1CC1)N1CCN(C2CCCCC2)CC1. The van der Waals surface area contributed by atoms with Gasteiger partial charge in [0.15, 0.2) is 5.76 Å². The molecule has 0 radical (unpaired) electrons. The number of piperazine rings is 1. The molecule has 0 N–H and O–H groups in total. The van der Waals surface area contributed by atoms with E-state index < -0.39 is 0 Å². The minimum absolute atomic E-state index is 0.0913. The van der Waals surface area contributed by atoms with Gasteiger partial charge in [-0.25, -0.2) is 14.6 Å². The molecule has 0 atom stereocenters. The Bertz CT molecular complexity index is 1110. The van der Waals surface area contributed by atoms with Crippen molar-refractivity contribution in [3.8, 4) is 17.4 Å². The molecule has 6 rings (SSSR count). The number of hydrogen-bond donors (Lipinski definition) is 0. The Kier molecular flexibility index (Phi) is 5.46. The van der Waals surface area contributed by atoms with Crippen LogP contribution in [0.4, 0.5) is 0 Å². The number of rotatable bonds is 5. The van der Waals surface area contributed by atoms with Gasteiger partial charge >= 0.3 is 0 Å². The molecular weight excluding hydrogens is 416 g/mol. The maximum absolute atomic E-state index is 13.5. The molecule has 1 amide bonds. The summed E-state index contributed by atoms with van der Waals surface area (Å²) in [6.45, 7) is 3.51. The molecule has 4 heterocycles. The highest BCUT2D eigenvalue weighted by atomic mass is 16.3. The fourth-order valence-corrected chi connectivity index (χ4v) is 5.35. The van der Waals surface area contributed by atoms with Crippen LogP contribution in [-0.2, 0) is 0 Å². The van der Waals surface area contributed by atoms with Gasteiger partial charge in [-0.1, -0.05) is 19.3 Å². The summed E-state index contributed by atoms with van der Waals surface area (Å²) >= 11 is 0. The Morgan fingerprint density at radius 3 is 2.55 bits per heavy atom. The predicted octanol–water partition coefficient (Wildman–Crippen LogP) is 3.89. The number of furan rings is 1. The van der Waals surface area contributed by atoms with Crippen molar-refractivity contribution < 1.29 is 9.21 Å². The lowest BCUT2D eigenvalue weighted by Crippen LogP contribution is -2.52. The summed E-state index contributed by atoms with van der Waals surface area (Å²) in [5.74, 6) is 1.59. The van der Waals surface area contributed by atoms with Crippen molar-refractivity contribution in [2.75, 3.05) is 26.2 Å². The van der Waals surface area contributed by atoms with Crippen LogP contribution in [0.15, 0.2) is 41.3 Å². The lowest BCUT2D eigenvalue weighted by atomic mass is 9.94. The summed E-state index contributed by atoms with van der Waals surface area (Å²) < 4.78 is 7.25. The third-order valence-electron chi connectivity index (χ3n) is 7.30. The van der Waals surface area contributed by atoms with Crippen LogP contribution in [0.1, 0.15) is 66.9 Å². The van der Waals surface area contributed by atoms with Crippen molar-refractivity contribution in [1.82, 2.24) is 29.5 Å². The number of carbonyl (C=O) groups is 1. The summed E-state index contributed by atoms with van der Waals surface area (Å²) in [6, 6.07) is 6.24. The van der Waals surface area contributed by atoms with Crippen LogP contribution in [0.2, 0.25) is 0 Å². The maximum Gasteiger partial charge on any atom is 0.257 e. The van der Waals surface area contributed by atoms with E-state index in [1.165, 1.54) is 32.1 Å². The molecule has 3 aromatic heterocycles. The molecule has 8 nitrogen and oxygen atoms in total. The Morgan fingerprint density at radius 2 is 1.82 bits per heavy atom. The highest BCUT2D eigenvalue weighted by molar-refractivity contribution is 5.95. The molecule has 172 valence electrons. The van der Waals surface area contributed by atoms with Gasteiger partial charge in [-0.2, -0.15) is 5.10 Å². The summed E-state index contributed by atoms with van der Waals surface area (Å²) in [4.78, 5) is 27.3. The highest BCUT2D eigenvalue weighted by Gasteiger charge is 2.36. The molecule has 3 fully saturated rings. The molecule has 3 aliphatic rings. The van der Waals surface area contributed by atoms with Gasteiger partial charge in [0.25, 0.3) is 11.9 Å². The van der Waals surface area contributed by atoms with Crippen molar-refractivity contribution in [1.29, 1.82) is 0 Å². The number of amides is 1. The first-order chi connectivity index (χ1) is 16.3. The largest absolute Gasteiger partial charge is 0.463 e. The molecule has 2 saturated carbocycles. The van der Waals surface area contributed by atoms with E-state index in [1.807, 2.05) is 23.1 Å². The number of nitrogens with zero attached hydrogens (tertiary/aromatic N) is 6. The average Bonchev–Trinajstić information content (AvgIpc) is 3.38. The van der Waals surface area contributed by atoms with E-state index in [0.29, 0.717) is 34.9 Å². The number of hydrogen-bond acceptors (Lipinski definition) is 6. The normalized spacial score (nSPS) is 20.3. The summed E-state index contributed by atoms with van der Waals surface area (Å²) in [6.07, 6.45) is 13.9. The smallest absolute Gasteiger partial charge is 0.257 e. The Morgan fingerprint density at radius 1 is 1.00 bits per heavy atom. The molecule has 0 spiro atoms. The molecule has 33 heavy (non-hydrogen) atoms. The van der Waals surface area contributed by atoms with Crippen LogP contribution in [0.25, 0.3) is 17.4 Å². The molecular formula is C25H30N6O2. The van der Waals surface area contributed by atoms with Crippen LogP contribution in [0.3, 0.4) is 0 Å². The molecule has 0 aromatic carbocycles. The van der Waals surface area contributed by atoms with E-state index >= 15 is 0 Å². The standard InChI is InChI=1S/C25H30N6O2/c32-24(30-14-12-29(13-15-30)19-5-2-1-3-6-19)20-17-27-31(23(20)18-8-9-18)25-26-11-10-21(28-25)22-7-4-16-33-22/h4,7,10-11,16-19H,1-3,5-6,8-9,12-15H2. The van der Waals surface area contributed by atoms with Crippen molar-refractivity contribution in [2.24, 2.45) is 0 Å². The zero-order valence-corrected chi connectivity index (χ0v) is 18.9. The first kappa shape index (κ1) is 20.6. The zero-order valence-electron chi connectivity index (χ0n) is 18.9. The fourth-order valence-electron chi connectivity index (χ4n) is 5.35. The van der Waals surface area contributed by atoms with E-state index in [9.17, 15) is 4.79 Å². The maximum atomic E-state index is 13.5. The first-order valence-corrected chi connectivity index (χ1v) is 12.3. The van der Waals surface area contributed by atoms with E-state index in [2.05, 4.69) is 20.0 Å². The minimum Gasteiger partial charge on any atom is -0.463 e. The van der Waals surface area contributed by atoms with Gasteiger partial charge in [0.2, 0.25) is 0 Å². The third kappa shape index (κ3) is 4.08. The van der Waals surface area contributed by atoms with Crippen molar-refractivity contribution >= 4 is 5.91 Å². The van der Waals surface area contributed by atoms with E-state index in [0.717, 1.165) is 44.7 Å². The minimum atomic E-state index is 0.0913. The lowest BCUT2D eigenvalue weighted by molar-refractivity contribution is 0.0522. The lowest BCUT2D eigenvalue weighted by Gasteiger charge is -2.40. The van der Waals surface area contributed by atoms with Gasteiger partial charge < -0.3 is 9.32 Å². The van der Waals surface area contributed by atoms with Gasteiger partial charge in [-0.05, 0) is 43.9 Å². The third-order valence-corrected chi connectivity index (χ3v) is 7.30. The molecule has 1 aliphatic heterocycles. The van der Waals surface area contributed by atoms with E-state index in [1.54, 1.807) is 23.3 Å². The monoisotopic (exact) mass is 446 g/mol. The second kappa shape index (κ2) is 8.74. The average molecular weight is 447 g/mol. The Hall–Kier alpha value is -3.00. The fraction of sp³-hybridized carbons (Fsp3) is 0.520. The predicted molar refractivity (Wildman–Crippen MR) is 123 cm³/mol. The molecule has 8 heteroatoms. The highest BCUT2D eigenvalue weighted by Crippen LogP contribution is 2.42. The molecule has 1 saturated heterocycles. The van der Waals surface area contributed by atoms with Crippen LogP contribution in [-0.4, -0.2) is 67.7 Å². The van der Waals surface area contributed by atoms with Crippen LogP contribution >= 0.6 is 0 Å². The first-order valence-electron chi connectivity index (χ1n) is 12.3.